The standard InChI is InChI=1S/C31H42N2O5/c1-28(2,3)38-27(37)32-18-15-30(6,16-19-32)26(36)33-17-13-24-29(4,5)23(12-14-31(24,7)20-33)21-8-10-22(11-9-21)25(34)35/h8-13H,14-20H2,1-7H3,(H,34,35)/t31-/m1/s1. The maximum atomic E-state index is 13.8. The van der Waals surface area contributed by atoms with Gasteiger partial charge in [0.1, 0.15) is 5.60 Å². The summed E-state index contributed by atoms with van der Waals surface area (Å²) in [5, 5.41) is 9.26. The van der Waals surface area contributed by atoms with E-state index in [2.05, 4.69) is 32.9 Å². The lowest BCUT2D eigenvalue weighted by Gasteiger charge is -2.52. The lowest BCUT2D eigenvalue weighted by atomic mass is 9.58. The van der Waals surface area contributed by atoms with Crippen LogP contribution in [0, 0.1) is 16.2 Å². The monoisotopic (exact) mass is 522 g/mol. The molecule has 3 aliphatic rings. The highest BCUT2D eigenvalue weighted by Gasteiger charge is 2.49. The first-order chi connectivity index (χ1) is 17.6. The van der Waals surface area contributed by atoms with Gasteiger partial charge >= 0.3 is 12.1 Å². The van der Waals surface area contributed by atoms with Crippen molar-refractivity contribution in [1.29, 1.82) is 0 Å². The molecule has 1 fully saturated rings. The van der Waals surface area contributed by atoms with Crippen LogP contribution < -0.4 is 0 Å². The zero-order valence-corrected chi connectivity index (χ0v) is 23.9. The second kappa shape index (κ2) is 9.58. The van der Waals surface area contributed by atoms with Gasteiger partial charge in [-0.3, -0.25) is 4.79 Å². The molecule has 4 rings (SSSR count). The van der Waals surface area contributed by atoms with E-state index in [-0.39, 0.29) is 28.4 Å². The summed E-state index contributed by atoms with van der Waals surface area (Å²) in [7, 11) is 0. The van der Waals surface area contributed by atoms with Gasteiger partial charge in [-0.2, -0.15) is 0 Å². The van der Waals surface area contributed by atoms with E-state index in [4.69, 9.17) is 4.74 Å². The van der Waals surface area contributed by atoms with E-state index in [0.29, 0.717) is 39.0 Å². The normalized spacial score (nSPS) is 24.6. The zero-order valence-electron chi connectivity index (χ0n) is 23.9. The molecule has 1 N–H and O–H groups in total. The summed E-state index contributed by atoms with van der Waals surface area (Å²) in [4.78, 5) is 41.3. The fraction of sp³-hybridized carbons (Fsp3) is 0.581. The molecule has 1 aromatic rings. The summed E-state index contributed by atoms with van der Waals surface area (Å²) in [5.74, 6) is -0.764. The molecule has 0 saturated carbocycles. The summed E-state index contributed by atoms with van der Waals surface area (Å²) in [5.41, 5.74) is 2.39. The van der Waals surface area contributed by atoms with Gasteiger partial charge in [-0.1, -0.05) is 57.6 Å². The van der Waals surface area contributed by atoms with E-state index in [0.717, 1.165) is 12.0 Å². The third kappa shape index (κ3) is 5.25. The van der Waals surface area contributed by atoms with E-state index in [1.54, 1.807) is 17.0 Å². The predicted molar refractivity (Wildman–Crippen MR) is 148 cm³/mol. The number of amides is 2. The second-order valence-electron chi connectivity index (χ2n) is 13.2. The maximum Gasteiger partial charge on any atom is 0.410 e. The highest BCUT2D eigenvalue weighted by Crippen LogP contribution is 2.55. The van der Waals surface area contributed by atoms with Crippen molar-refractivity contribution in [3.63, 3.8) is 0 Å². The molecule has 2 heterocycles. The van der Waals surface area contributed by atoms with Crippen LogP contribution in [0.5, 0.6) is 0 Å². The Morgan fingerprint density at radius 3 is 2.08 bits per heavy atom. The number of aromatic carboxylic acids is 1. The topological polar surface area (TPSA) is 87.2 Å². The smallest absolute Gasteiger partial charge is 0.410 e. The first kappa shape index (κ1) is 27.9. The molecule has 206 valence electrons. The molecule has 1 aromatic carbocycles. The molecule has 7 nitrogen and oxygen atoms in total. The number of ether oxygens (including phenoxy) is 1. The van der Waals surface area contributed by atoms with Crippen LogP contribution in [0.15, 0.2) is 42.0 Å². The Balaban J connectivity index is 1.47. The molecular weight excluding hydrogens is 480 g/mol. The van der Waals surface area contributed by atoms with Gasteiger partial charge in [-0.05, 0) is 63.3 Å². The Morgan fingerprint density at radius 2 is 1.53 bits per heavy atom. The molecule has 38 heavy (non-hydrogen) atoms. The van der Waals surface area contributed by atoms with Crippen molar-refractivity contribution in [2.75, 3.05) is 26.2 Å². The number of nitrogens with zero attached hydrogens (tertiary/aromatic N) is 2. The number of carboxylic acids is 1. The molecule has 1 saturated heterocycles. The summed E-state index contributed by atoms with van der Waals surface area (Å²) in [6.07, 6.45) is 6.25. The minimum absolute atomic E-state index is 0.162. The highest BCUT2D eigenvalue weighted by atomic mass is 16.6. The third-order valence-electron chi connectivity index (χ3n) is 8.57. The number of fused-ring (bicyclic) bond motifs is 1. The number of carbonyl (C=O) groups is 3. The van der Waals surface area contributed by atoms with Gasteiger partial charge in [0.15, 0.2) is 0 Å². The van der Waals surface area contributed by atoms with Gasteiger partial charge in [0.2, 0.25) is 5.91 Å². The highest BCUT2D eigenvalue weighted by molar-refractivity contribution is 5.88. The summed E-state index contributed by atoms with van der Waals surface area (Å²) >= 11 is 0. The molecule has 0 bridgehead atoms. The van der Waals surface area contributed by atoms with Gasteiger partial charge in [0.05, 0.1) is 5.56 Å². The van der Waals surface area contributed by atoms with Crippen LogP contribution >= 0.6 is 0 Å². The van der Waals surface area contributed by atoms with Crippen LogP contribution in [-0.2, 0) is 9.53 Å². The minimum atomic E-state index is -0.926. The zero-order chi connectivity index (χ0) is 28.1. The molecule has 1 atom stereocenters. The van der Waals surface area contributed by atoms with Crippen molar-refractivity contribution in [2.24, 2.45) is 16.2 Å². The SMILES string of the molecule is CC(C)(C)OC(=O)N1CCC(C)(C(=O)N2CC=C3C(C)(C)C(c4ccc(C(=O)O)cc4)=CC[C@]3(C)C2)CC1. The minimum Gasteiger partial charge on any atom is -0.478 e. The molecule has 0 spiro atoms. The quantitative estimate of drug-likeness (QED) is 0.491. The van der Waals surface area contributed by atoms with Crippen LogP contribution in [0.25, 0.3) is 5.57 Å². The Bertz CT molecular complexity index is 1180. The maximum absolute atomic E-state index is 13.8. The van der Waals surface area contributed by atoms with Gasteiger partial charge in [0, 0.05) is 42.4 Å². The summed E-state index contributed by atoms with van der Waals surface area (Å²) in [6, 6.07) is 7.10. The van der Waals surface area contributed by atoms with Crippen molar-refractivity contribution in [1.82, 2.24) is 9.80 Å². The van der Waals surface area contributed by atoms with Gasteiger partial charge < -0.3 is 19.6 Å². The largest absolute Gasteiger partial charge is 0.478 e. The number of allylic oxidation sites excluding steroid dienone is 2. The van der Waals surface area contributed by atoms with Crippen LogP contribution in [-0.4, -0.2) is 64.7 Å². The number of likely N-dealkylation sites (tertiary alicyclic amines) is 1. The van der Waals surface area contributed by atoms with E-state index in [1.807, 2.05) is 44.7 Å². The van der Waals surface area contributed by atoms with Gasteiger partial charge in [0.25, 0.3) is 0 Å². The van der Waals surface area contributed by atoms with E-state index in [9.17, 15) is 19.5 Å². The van der Waals surface area contributed by atoms with Crippen molar-refractivity contribution >= 4 is 23.5 Å². The molecule has 2 amide bonds. The lowest BCUT2D eigenvalue weighted by molar-refractivity contribution is -0.145. The third-order valence-corrected chi connectivity index (χ3v) is 8.57. The number of piperidine rings is 1. The van der Waals surface area contributed by atoms with Crippen LogP contribution in [0.4, 0.5) is 4.79 Å². The number of carbonyl (C=O) groups excluding carboxylic acids is 2. The van der Waals surface area contributed by atoms with Crippen LogP contribution in [0.2, 0.25) is 0 Å². The number of hydrogen-bond acceptors (Lipinski definition) is 4. The molecule has 0 unspecified atom stereocenters. The Kier molecular flexibility index (Phi) is 7.04. The van der Waals surface area contributed by atoms with Gasteiger partial charge in [-0.25, -0.2) is 9.59 Å². The van der Waals surface area contributed by atoms with Crippen molar-refractivity contribution in [2.45, 2.75) is 73.3 Å². The van der Waals surface area contributed by atoms with E-state index in [1.165, 1.54) is 11.1 Å². The van der Waals surface area contributed by atoms with Crippen molar-refractivity contribution in [3.05, 3.63) is 53.1 Å². The predicted octanol–water partition coefficient (Wildman–Crippen LogP) is 6.01. The lowest BCUT2D eigenvalue weighted by Crippen LogP contribution is -2.55. The molecular formula is C31H42N2O5. The fourth-order valence-electron chi connectivity index (χ4n) is 6.46. The summed E-state index contributed by atoms with van der Waals surface area (Å²) < 4.78 is 5.52. The molecule has 0 aromatic heterocycles. The van der Waals surface area contributed by atoms with Gasteiger partial charge in [-0.15, -0.1) is 0 Å². The second-order valence-corrected chi connectivity index (χ2v) is 13.2. The first-order valence-corrected chi connectivity index (χ1v) is 13.6. The summed E-state index contributed by atoms with van der Waals surface area (Å²) in [6.45, 7) is 16.6. The van der Waals surface area contributed by atoms with Crippen LogP contribution in [0.3, 0.4) is 0 Å². The number of benzene rings is 1. The molecule has 0 radical (unpaired) electrons. The fourth-order valence-corrected chi connectivity index (χ4v) is 6.46. The average Bonchev–Trinajstić information content (AvgIpc) is 2.82. The number of carboxylic acid groups (broad SMARTS) is 1. The molecule has 2 aliphatic heterocycles. The average molecular weight is 523 g/mol. The Labute approximate surface area is 226 Å². The molecule has 1 aliphatic carbocycles. The van der Waals surface area contributed by atoms with Crippen molar-refractivity contribution in [3.8, 4) is 0 Å². The number of rotatable bonds is 3. The van der Waals surface area contributed by atoms with E-state index < -0.39 is 17.0 Å². The Morgan fingerprint density at radius 1 is 0.921 bits per heavy atom. The van der Waals surface area contributed by atoms with Crippen LogP contribution in [0.1, 0.15) is 83.7 Å². The van der Waals surface area contributed by atoms with E-state index >= 15 is 0 Å². The van der Waals surface area contributed by atoms with Crippen molar-refractivity contribution < 1.29 is 24.2 Å². The Hall–Kier alpha value is -3.09. The number of hydrogen-bond donors (Lipinski definition) is 1. The molecule has 7 heteroatoms. The first-order valence-electron chi connectivity index (χ1n) is 13.6.